The molecule has 2 aromatic rings. The number of nitrogens with one attached hydrogen (secondary N) is 1. The lowest BCUT2D eigenvalue weighted by atomic mass is 10.0. The van der Waals surface area contributed by atoms with Crippen molar-refractivity contribution in [3.8, 4) is 11.4 Å². The topological polar surface area (TPSA) is 67.6 Å². The molecule has 17 heavy (non-hydrogen) atoms. The van der Waals surface area contributed by atoms with E-state index >= 15 is 0 Å². The van der Waals surface area contributed by atoms with Gasteiger partial charge in [0.05, 0.1) is 6.04 Å². The van der Waals surface area contributed by atoms with E-state index in [9.17, 15) is 0 Å². The summed E-state index contributed by atoms with van der Waals surface area (Å²) < 4.78 is 0. The summed E-state index contributed by atoms with van der Waals surface area (Å²) in [4.78, 5) is 4.36. The average Bonchev–Trinajstić information content (AvgIpc) is 2.78. The highest BCUT2D eigenvalue weighted by Gasteiger charge is 2.09. The van der Waals surface area contributed by atoms with Crippen LogP contribution in [0.2, 0.25) is 0 Å². The Morgan fingerprint density at radius 3 is 2.24 bits per heavy atom. The fourth-order valence-electron chi connectivity index (χ4n) is 1.62. The third-order valence-corrected chi connectivity index (χ3v) is 2.77. The molecule has 0 bridgehead atoms. The molecule has 1 aromatic heterocycles. The summed E-state index contributed by atoms with van der Waals surface area (Å²) in [5.41, 5.74) is 8.06. The SMILES string of the molecule is CC(C)c1ccc(-c2n[nH]c(C(C)N)n2)cc1. The van der Waals surface area contributed by atoms with Crippen LogP contribution < -0.4 is 5.73 Å². The summed E-state index contributed by atoms with van der Waals surface area (Å²) in [6.45, 7) is 6.23. The molecular formula is C13H18N4. The largest absolute Gasteiger partial charge is 0.322 e. The summed E-state index contributed by atoms with van der Waals surface area (Å²) in [5, 5.41) is 7.02. The van der Waals surface area contributed by atoms with E-state index in [1.807, 2.05) is 19.1 Å². The van der Waals surface area contributed by atoms with Gasteiger partial charge in [0.25, 0.3) is 0 Å². The molecule has 1 unspecified atom stereocenters. The zero-order chi connectivity index (χ0) is 12.4. The number of benzene rings is 1. The molecule has 0 saturated carbocycles. The molecule has 4 nitrogen and oxygen atoms in total. The minimum Gasteiger partial charge on any atom is -0.322 e. The van der Waals surface area contributed by atoms with Crippen molar-refractivity contribution < 1.29 is 0 Å². The van der Waals surface area contributed by atoms with Crippen molar-refractivity contribution >= 4 is 0 Å². The Labute approximate surface area is 101 Å². The van der Waals surface area contributed by atoms with Crippen LogP contribution >= 0.6 is 0 Å². The first kappa shape index (κ1) is 11.8. The van der Waals surface area contributed by atoms with Crippen molar-refractivity contribution in [2.75, 3.05) is 0 Å². The van der Waals surface area contributed by atoms with E-state index < -0.39 is 0 Å². The van der Waals surface area contributed by atoms with Gasteiger partial charge in [-0.05, 0) is 18.4 Å². The van der Waals surface area contributed by atoms with Crippen LogP contribution in [-0.2, 0) is 0 Å². The second-order valence-electron chi connectivity index (χ2n) is 4.61. The standard InChI is InChI=1S/C13H18N4/c1-8(2)10-4-6-11(7-5-10)13-15-12(9(3)14)16-17-13/h4-9H,14H2,1-3H3,(H,15,16,17). The quantitative estimate of drug-likeness (QED) is 0.851. The van der Waals surface area contributed by atoms with Gasteiger partial charge in [0.1, 0.15) is 5.82 Å². The molecule has 1 atom stereocenters. The normalized spacial score (nSPS) is 13.0. The number of rotatable bonds is 3. The van der Waals surface area contributed by atoms with Crippen LogP contribution in [0.1, 0.15) is 44.1 Å². The van der Waals surface area contributed by atoms with Gasteiger partial charge < -0.3 is 5.73 Å². The van der Waals surface area contributed by atoms with Gasteiger partial charge in [0.15, 0.2) is 5.82 Å². The van der Waals surface area contributed by atoms with Crippen LogP contribution in [0.15, 0.2) is 24.3 Å². The van der Waals surface area contributed by atoms with Gasteiger partial charge in [0.2, 0.25) is 0 Å². The van der Waals surface area contributed by atoms with Crippen LogP contribution in [0.5, 0.6) is 0 Å². The number of hydrogen-bond acceptors (Lipinski definition) is 3. The molecule has 0 aliphatic carbocycles. The summed E-state index contributed by atoms with van der Waals surface area (Å²) in [6.07, 6.45) is 0. The molecule has 0 fully saturated rings. The van der Waals surface area contributed by atoms with Gasteiger partial charge in [0, 0.05) is 5.56 Å². The van der Waals surface area contributed by atoms with E-state index in [-0.39, 0.29) is 6.04 Å². The van der Waals surface area contributed by atoms with E-state index in [1.165, 1.54) is 5.56 Å². The Morgan fingerprint density at radius 2 is 1.76 bits per heavy atom. The van der Waals surface area contributed by atoms with Crippen LogP contribution in [0.4, 0.5) is 0 Å². The third-order valence-electron chi connectivity index (χ3n) is 2.77. The van der Waals surface area contributed by atoms with Crippen molar-refractivity contribution in [3.63, 3.8) is 0 Å². The number of nitrogens with zero attached hydrogens (tertiary/aromatic N) is 2. The predicted molar refractivity (Wildman–Crippen MR) is 68.5 cm³/mol. The molecule has 0 aliphatic rings. The Balaban J connectivity index is 2.27. The predicted octanol–water partition coefficient (Wildman–Crippen LogP) is 2.61. The van der Waals surface area contributed by atoms with Crippen molar-refractivity contribution in [2.24, 2.45) is 5.73 Å². The maximum Gasteiger partial charge on any atom is 0.181 e. The van der Waals surface area contributed by atoms with Gasteiger partial charge in [-0.15, -0.1) is 0 Å². The molecule has 90 valence electrons. The highest BCUT2D eigenvalue weighted by atomic mass is 15.2. The minimum absolute atomic E-state index is 0.119. The smallest absolute Gasteiger partial charge is 0.181 e. The van der Waals surface area contributed by atoms with E-state index in [4.69, 9.17) is 5.73 Å². The average molecular weight is 230 g/mol. The molecule has 0 aliphatic heterocycles. The number of H-pyrrole nitrogens is 1. The summed E-state index contributed by atoms with van der Waals surface area (Å²) >= 11 is 0. The van der Waals surface area contributed by atoms with Crippen molar-refractivity contribution in [1.82, 2.24) is 15.2 Å². The molecule has 0 radical (unpaired) electrons. The Bertz CT molecular complexity index is 482. The number of aromatic amines is 1. The van der Waals surface area contributed by atoms with Crippen LogP contribution in [0.25, 0.3) is 11.4 Å². The maximum absolute atomic E-state index is 5.74. The van der Waals surface area contributed by atoms with E-state index in [0.717, 1.165) is 5.56 Å². The van der Waals surface area contributed by atoms with Crippen LogP contribution in [-0.4, -0.2) is 15.2 Å². The van der Waals surface area contributed by atoms with Crippen molar-refractivity contribution in [1.29, 1.82) is 0 Å². The van der Waals surface area contributed by atoms with Gasteiger partial charge in [-0.3, -0.25) is 5.10 Å². The Kier molecular flexibility index (Phi) is 3.24. The number of aromatic nitrogens is 3. The van der Waals surface area contributed by atoms with Gasteiger partial charge >= 0.3 is 0 Å². The molecule has 0 spiro atoms. The minimum atomic E-state index is -0.119. The first-order valence-electron chi connectivity index (χ1n) is 5.86. The summed E-state index contributed by atoms with van der Waals surface area (Å²) in [5.74, 6) is 1.95. The molecule has 0 amide bonds. The van der Waals surface area contributed by atoms with E-state index in [0.29, 0.717) is 17.6 Å². The zero-order valence-electron chi connectivity index (χ0n) is 10.4. The molecule has 0 saturated heterocycles. The van der Waals surface area contributed by atoms with Crippen molar-refractivity contribution in [2.45, 2.75) is 32.7 Å². The third kappa shape index (κ3) is 2.53. The number of nitrogens with two attached hydrogens (primary N) is 1. The lowest BCUT2D eigenvalue weighted by Crippen LogP contribution is -2.06. The Morgan fingerprint density at radius 1 is 1.12 bits per heavy atom. The second kappa shape index (κ2) is 4.67. The molecule has 3 N–H and O–H groups in total. The van der Waals surface area contributed by atoms with Crippen molar-refractivity contribution in [3.05, 3.63) is 35.7 Å². The second-order valence-corrected chi connectivity index (χ2v) is 4.61. The molecule has 2 rings (SSSR count). The van der Waals surface area contributed by atoms with Gasteiger partial charge in [-0.2, -0.15) is 5.10 Å². The molecular weight excluding hydrogens is 212 g/mol. The monoisotopic (exact) mass is 230 g/mol. The van der Waals surface area contributed by atoms with Crippen LogP contribution in [0, 0.1) is 0 Å². The van der Waals surface area contributed by atoms with Gasteiger partial charge in [-0.1, -0.05) is 38.1 Å². The lowest BCUT2D eigenvalue weighted by Gasteiger charge is -2.04. The molecule has 1 aromatic carbocycles. The molecule has 4 heteroatoms. The van der Waals surface area contributed by atoms with Gasteiger partial charge in [-0.25, -0.2) is 4.98 Å². The highest BCUT2D eigenvalue weighted by molar-refractivity contribution is 5.55. The maximum atomic E-state index is 5.74. The summed E-state index contributed by atoms with van der Waals surface area (Å²) in [7, 11) is 0. The zero-order valence-corrected chi connectivity index (χ0v) is 10.4. The summed E-state index contributed by atoms with van der Waals surface area (Å²) in [6, 6.07) is 8.20. The lowest BCUT2D eigenvalue weighted by molar-refractivity contribution is 0.745. The fraction of sp³-hybridized carbons (Fsp3) is 0.385. The molecule has 1 heterocycles. The van der Waals surface area contributed by atoms with E-state index in [1.54, 1.807) is 0 Å². The van der Waals surface area contributed by atoms with Crippen LogP contribution in [0.3, 0.4) is 0 Å². The first-order valence-corrected chi connectivity index (χ1v) is 5.86. The number of hydrogen-bond donors (Lipinski definition) is 2. The Hall–Kier alpha value is -1.68. The first-order chi connectivity index (χ1) is 8.08. The highest BCUT2D eigenvalue weighted by Crippen LogP contribution is 2.20. The van der Waals surface area contributed by atoms with E-state index in [2.05, 4.69) is 41.2 Å². The fourth-order valence-corrected chi connectivity index (χ4v) is 1.62.